The van der Waals surface area contributed by atoms with Crippen LogP contribution in [0.3, 0.4) is 0 Å². The highest BCUT2D eigenvalue weighted by Gasteiger charge is 2.25. The molecule has 1 unspecified atom stereocenters. The predicted molar refractivity (Wildman–Crippen MR) is 125 cm³/mol. The van der Waals surface area contributed by atoms with Gasteiger partial charge >= 0.3 is 5.91 Å². The Kier molecular flexibility index (Phi) is 7.06. The molecule has 2 N–H and O–H groups in total. The molecule has 1 fully saturated rings. The topological polar surface area (TPSA) is 68.4 Å². The number of para-hydroxylation sites is 2. The van der Waals surface area contributed by atoms with E-state index in [0.29, 0.717) is 31.1 Å². The van der Waals surface area contributed by atoms with Crippen molar-refractivity contribution in [2.45, 2.75) is 25.8 Å². The Labute approximate surface area is 199 Å². The first-order valence-corrected chi connectivity index (χ1v) is 11.3. The Balaban J connectivity index is 0.00000259. The molecular formula is C26H27ClN4O2. The standard InChI is InChI=1S/C26H26N4O2.ClH/c31-25-11-5-15-29(25)16-6-14-27-26(32)24-17-20-8-2-4-10-23(20)30(24)18-21-13-12-19-7-1-3-9-22(19)28-21;/h1-4,7-10,12-13,17H,5-6,11,14-16,18H2,(H,27,32);1H. The van der Waals surface area contributed by atoms with Crippen molar-refractivity contribution in [3.8, 4) is 0 Å². The van der Waals surface area contributed by atoms with Gasteiger partial charge in [0.1, 0.15) is 5.69 Å². The van der Waals surface area contributed by atoms with Crippen LogP contribution in [0.25, 0.3) is 21.8 Å². The number of amides is 2. The second-order valence-electron chi connectivity index (χ2n) is 8.41. The molecule has 1 aliphatic rings. The molecule has 0 radical (unpaired) electrons. The lowest BCUT2D eigenvalue weighted by Crippen LogP contribution is -3.12. The van der Waals surface area contributed by atoms with Crippen LogP contribution in [0, 0.1) is 0 Å². The van der Waals surface area contributed by atoms with Gasteiger partial charge in [0, 0.05) is 35.7 Å². The summed E-state index contributed by atoms with van der Waals surface area (Å²) in [5, 5.41) is 5.18. The number of nitrogens with one attached hydrogen (secondary N) is 2. The van der Waals surface area contributed by atoms with E-state index in [4.69, 9.17) is 4.98 Å². The number of fused-ring (bicyclic) bond motifs is 2. The number of quaternary nitrogens is 1. The van der Waals surface area contributed by atoms with E-state index in [0.717, 1.165) is 58.3 Å². The Morgan fingerprint density at radius 1 is 1.03 bits per heavy atom. The van der Waals surface area contributed by atoms with E-state index in [9.17, 15) is 9.59 Å². The third-order valence-corrected chi connectivity index (χ3v) is 6.24. The zero-order valence-electron chi connectivity index (χ0n) is 18.4. The van der Waals surface area contributed by atoms with E-state index in [1.807, 2.05) is 65.2 Å². The number of hydrogen-bond acceptors (Lipinski definition) is 3. The molecule has 2 aromatic carbocycles. The fraction of sp³-hybridized carbons (Fsp3) is 0.269. The number of hydrogen-bond donors (Lipinski definition) is 2. The molecular weight excluding hydrogens is 436 g/mol. The molecule has 0 saturated carbocycles. The summed E-state index contributed by atoms with van der Waals surface area (Å²) in [5.41, 5.74) is 3.51. The zero-order chi connectivity index (χ0) is 21.9. The van der Waals surface area contributed by atoms with Crippen LogP contribution in [0.5, 0.6) is 0 Å². The lowest BCUT2D eigenvalue weighted by atomic mass is 10.2. The number of benzene rings is 2. The predicted octanol–water partition coefficient (Wildman–Crippen LogP) is -0.433. The highest BCUT2D eigenvalue weighted by atomic mass is 35.5. The van der Waals surface area contributed by atoms with Crippen molar-refractivity contribution in [2.75, 3.05) is 19.6 Å². The molecule has 5 rings (SSSR count). The van der Waals surface area contributed by atoms with Gasteiger partial charge < -0.3 is 22.3 Å². The zero-order valence-corrected chi connectivity index (χ0v) is 19.1. The molecule has 33 heavy (non-hydrogen) atoms. The summed E-state index contributed by atoms with van der Waals surface area (Å²) in [4.78, 5) is 30.7. The van der Waals surface area contributed by atoms with Crippen LogP contribution < -0.4 is 22.6 Å². The molecule has 1 atom stereocenters. The minimum absolute atomic E-state index is 0. The maximum Gasteiger partial charge on any atom is 0.312 e. The second-order valence-corrected chi connectivity index (χ2v) is 8.41. The highest BCUT2D eigenvalue weighted by Crippen LogP contribution is 2.22. The number of rotatable bonds is 7. The van der Waals surface area contributed by atoms with Crippen molar-refractivity contribution >= 4 is 33.6 Å². The van der Waals surface area contributed by atoms with Gasteiger partial charge in [-0.05, 0) is 24.3 Å². The molecule has 1 aliphatic heterocycles. The van der Waals surface area contributed by atoms with E-state index in [2.05, 4.69) is 11.4 Å². The van der Waals surface area contributed by atoms with E-state index >= 15 is 0 Å². The van der Waals surface area contributed by atoms with Crippen LogP contribution in [0.15, 0.2) is 66.7 Å². The number of carbonyl (C=O) groups is 2. The second kappa shape index (κ2) is 10.1. The fourth-order valence-corrected chi connectivity index (χ4v) is 4.56. The van der Waals surface area contributed by atoms with Gasteiger partial charge in [-0.25, -0.2) is 4.79 Å². The van der Waals surface area contributed by atoms with Crippen LogP contribution in [0.4, 0.5) is 0 Å². The van der Waals surface area contributed by atoms with Crippen LogP contribution in [0.1, 0.15) is 35.4 Å². The van der Waals surface area contributed by atoms with E-state index < -0.39 is 0 Å². The number of aromatic nitrogens is 2. The Morgan fingerprint density at radius 3 is 2.64 bits per heavy atom. The molecule has 2 aromatic heterocycles. The number of nitrogens with zero attached hydrogens (tertiary/aromatic N) is 2. The van der Waals surface area contributed by atoms with Crippen molar-refractivity contribution in [2.24, 2.45) is 0 Å². The lowest BCUT2D eigenvalue weighted by Gasteiger charge is -2.12. The summed E-state index contributed by atoms with van der Waals surface area (Å²) in [6, 6.07) is 22.1. The molecule has 0 aliphatic carbocycles. The maximum atomic E-state index is 13.1. The number of carbonyl (C=O) groups excluding carboxylic acids is 2. The summed E-state index contributed by atoms with van der Waals surface area (Å²) < 4.78 is 2.04. The normalized spacial score (nSPS) is 15.6. The summed E-state index contributed by atoms with van der Waals surface area (Å²) >= 11 is 0. The third kappa shape index (κ3) is 4.92. The SMILES string of the molecule is O=C(NCCC[NH+]1CCCC1=O)c1cc2ccccc2n1Cc1ccc2ccccc2n1.[Cl-]. The molecule has 1 saturated heterocycles. The van der Waals surface area contributed by atoms with Gasteiger partial charge in [-0.2, -0.15) is 0 Å². The summed E-state index contributed by atoms with van der Waals surface area (Å²) in [6.07, 6.45) is 2.45. The van der Waals surface area contributed by atoms with Crippen LogP contribution in [-0.2, 0) is 11.3 Å². The highest BCUT2D eigenvalue weighted by molar-refractivity contribution is 5.98. The van der Waals surface area contributed by atoms with Gasteiger partial charge in [0.25, 0.3) is 5.91 Å². The lowest BCUT2D eigenvalue weighted by molar-refractivity contribution is -0.811. The van der Waals surface area contributed by atoms with Gasteiger partial charge in [0.05, 0.1) is 37.3 Å². The van der Waals surface area contributed by atoms with Crippen molar-refractivity contribution in [3.05, 3.63) is 78.1 Å². The summed E-state index contributed by atoms with van der Waals surface area (Å²) in [7, 11) is 0. The van der Waals surface area contributed by atoms with Gasteiger partial charge in [-0.3, -0.25) is 14.7 Å². The first-order valence-electron chi connectivity index (χ1n) is 11.3. The van der Waals surface area contributed by atoms with Crippen molar-refractivity contribution in [3.63, 3.8) is 0 Å². The van der Waals surface area contributed by atoms with Crippen molar-refractivity contribution < 1.29 is 26.9 Å². The average molecular weight is 463 g/mol. The molecule has 0 spiro atoms. The van der Waals surface area contributed by atoms with Crippen molar-refractivity contribution in [1.29, 1.82) is 0 Å². The van der Waals surface area contributed by atoms with Gasteiger partial charge in [-0.15, -0.1) is 0 Å². The first kappa shape index (κ1) is 23.0. The van der Waals surface area contributed by atoms with E-state index in [1.165, 1.54) is 0 Å². The summed E-state index contributed by atoms with van der Waals surface area (Å²) in [5.74, 6) is 0.212. The number of likely N-dealkylation sites (tertiary alicyclic amines) is 1. The molecule has 6 nitrogen and oxygen atoms in total. The Bertz CT molecular complexity index is 1300. The van der Waals surface area contributed by atoms with E-state index in [-0.39, 0.29) is 18.3 Å². The van der Waals surface area contributed by atoms with Gasteiger partial charge in [-0.1, -0.05) is 42.5 Å². The van der Waals surface area contributed by atoms with E-state index in [1.54, 1.807) is 0 Å². The molecule has 2 amide bonds. The fourth-order valence-electron chi connectivity index (χ4n) is 4.56. The Morgan fingerprint density at radius 2 is 1.82 bits per heavy atom. The largest absolute Gasteiger partial charge is 1.00 e. The smallest absolute Gasteiger partial charge is 0.312 e. The molecule has 3 heterocycles. The third-order valence-electron chi connectivity index (χ3n) is 6.24. The molecule has 0 bridgehead atoms. The maximum absolute atomic E-state index is 13.1. The van der Waals surface area contributed by atoms with Crippen LogP contribution in [-0.4, -0.2) is 41.0 Å². The minimum Gasteiger partial charge on any atom is -1.00 e. The number of halogens is 1. The van der Waals surface area contributed by atoms with Gasteiger partial charge in [0.2, 0.25) is 0 Å². The average Bonchev–Trinajstić information content (AvgIpc) is 3.40. The molecule has 170 valence electrons. The summed E-state index contributed by atoms with van der Waals surface area (Å²) in [6.45, 7) is 2.78. The first-order chi connectivity index (χ1) is 15.7. The van der Waals surface area contributed by atoms with Crippen molar-refractivity contribution in [1.82, 2.24) is 14.9 Å². The minimum atomic E-state index is -0.0928. The monoisotopic (exact) mass is 462 g/mol. The number of pyridine rings is 1. The van der Waals surface area contributed by atoms with Gasteiger partial charge in [0.15, 0.2) is 0 Å². The molecule has 4 aromatic rings. The van der Waals surface area contributed by atoms with Crippen LogP contribution in [0.2, 0.25) is 0 Å². The quantitative estimate of drug-likeness (QED) is 0.366. The van der Waals surface area contributed by atoms with Crippen LogP contribution >= 0.6 is 0 Å². The Hall–Kier alpha value is -3.22. The molecule has 7 heteroatoms.